The number of hydrogen-bond donors (Lipinski definition) is 1. The fraction of sp³-hybridized carbons (Fsp3) is 0.300. The molecule has 1 fully saturated rings. The van der Waals surface area contributed by atoms with Gasteiger partial charge in [0, 0.05) is 23.6 Å². The first-order valence-electron chi connectivity index (χ1n) is 9.05. The van der Waals surface area contributed by atoms with Crippen LogP contribution in [0.4, 0.5) is 5.69 Å². The van der Waals surface area contributed by atoms with Crippen LogP contribution >= 0.6 is 11.6 Å². The predicted molar refractivity (Wildman–Crippen MR) is 113 cm³/mol. The first-order chi connectivity index (χ1) is 13.7. The maximum absolute atomic E-state index is 12.7. The van der Waals surface area contributed by atoms with Gasteiger partial charge in [-0.15, -0.1) is 0 Å². The normalized spacial score (nSPS) is 16.8. The largest absolute Gasteiger partial charge is 0.350 e. The zero-order valence-electron chi connectivity index (χ0n) is 16.1. The fourth-order valence-electron chi connectivity index (χ4n) is 3.25. The fourth-order valence-corrected chi connectivity index (χ4v) is 4.96. The molecule has 1 heterocycles. The molecule has 1 aliphatic heterocycles. The highest BCUT2D eigenvalue weighted by molar-refractivity contribution is 7.94. The number of amides is 2. The van der Waals surface area contributed by atoms with Crippen LogP contribution in [-0.4, -0.2) is 51.5 Å². The molecule has 1 unspecified atom stereocenters. The number of nitrogens with one attached hydrogen (secondary N) is 1. The minimum atomic E-state index is -3.68. The highest BCUT2D eigenvalue weighted by atomic mass is 35.5. The quantitative estimate of drug-likeness (QED) is 0.753. The summed E-state index contributed by atoms with van der Waals surface area (Å²) in [7, 11) is 0.108. The van der Waals surface area contributed by atoms with Gasteiger partial charge < -0.3 is 10.2 Å². The zero-order chi connectivity index (χ0) is 21.2. The molecule has 1 aliphatic rings. The van der Waals surface area contributed by atoms with Crippen molar-refractivity contribution in [2.45, 2.75) is 12.5 Å². The van der Waals surface area contributed by atoms with E-state index in [-0.39, 0.29) is 35.4 Å². The number of anilines is 1. The number of sulfonamides is 1. The summed E-state index contributed by atoms with van der Waals surface area (Å²) < 4.78 is 25.0. The summed E-state index contributed by atoms with van der Waals surface area (Å²) in [5, 5.41) is 3.47. The average molecular weight is 436 g/mol. The van der Waals surface area contributed by atoms with Crippen LogP contribution in [0, 0.1) is 0 Å². The summed E-state index contributed by atoms with van der Waals surface area (Å²) in [6.45, 7) is 0.306. The number of carbonyl (C=O) groups is 2. The number of likely N-dealkylation sites (N-methyl/N-ethyl adjacent to an activating group) is 1. The SMILES string of the molecule is CN(C)C(CNC(=O)c1cccc(N2C(=O)CCS2(=O)=O)c1)c1ccccc1Cl. The van der Waals surface area contributed by atoms with Crippen LogP contribution in [0.25, 0.3) is 0 Å². The van der Waals surface area contributed by atoms with Crippen LogP contribution in [0.5, 0.6) is 0 Å². The molecule has 0 saturated carbocycles. The Hall–Kier alpha value is -2.42. The first-order valence-corrected chi connectivity index (χ1v) is 11.0. The van der Waals surface area contributed by atoms with Crippen molar-refractivity contribution in [3.63, 3.8) is 0 Å². The molecule has 0 radical (unpaired) electrons. The topological polar surface area (TPSA) is 86.8 Å². The second kappa shape index (κ2) is 8.52. The van der Waals surface area contributed by atoms with Gasteiger partial charge >= 0.3 is 0 Å². The lowest BCUT2D eigenvalue weighted by molar-refractivity contribution is -0.116. The van der Waals surface area contributed by atoms with Gasteiger partial charge in [-0.2, -0.15) is 0 Å². The molecule has 2 aromatic rings. The van der Waals surface area contributed by atoms with E-state index in [1.165, 1.54) is 12.1 Å². The molecule has 2 amide bonds. The van der Waals surface area contributed by atoms with E-state index in [1.54, 1.807) is 18.2 Å². The smallest absolute Gasteiger partial charge is 0.251 e. The number of halogens is 1. The molecule has 2 aromatic carbocycles. The summed E-state index contributed by atoms with van der Waals surface area (Å²) in [4.78, 5) is 26.6. The summed E-state index contributed by atoms with van der Waals surface area (Å²) in [5.74, 6) is -1.08. The lowest BCUT2D eigenvalue weighted by atomic mass is 10.1. The molecule has 1 saturated heterocycles. The monoisotopic (exact) mass is 435 g/mol. The molecule has 0 spiro atoms. The number of hydrogen-bond acceptors (Lipinski definition) is 5. The minimum absolute atomic E-state index is 0.0545. The molecule has 9 heteroatoms. The average Bonchev–Trinajstić information content (AvgIpc) is 2.95. The Kier molecular flexibility index (Phi) is 6.26. The van der Waals surface area contributed by atoms with E-state index < -0.39 is 15.9 Å². The predicted octanol–water partition coefficient (Wildman–Crippen LogP) is 2.44. The molecule has 0 aliphatic carbocycles. The van der Waals surface area contributed by atoms with E-state index in [1.807, 2.05) is 37.2 Å². The van der Waals surface area contributed by atoms with Crippen LogP contribution in [0.15, 0.2) is 48.5 Å². The second-order valence-electron chi connectivity index (χ2n) is 6.99. The van der Waals surface area contributed by atoms with Crippen molar-refractivity contribution in [1.82, 2.24) is 10.2 Å². The first kappa shape index (κ1) is 21.3. The van der Waals surface area contributed by atoms with Crippen LogP contribution in [0.1, 0.15) is 28.4 Å². The van der Waals surface area contributed by atoms with Crippen molar-refractivity contribution in [3.8, 4) is 0 Å². The van der Waals surface area contributed by atoms with Gasteiger partial charge in [-0.1, -0.05) is 35.9 Å². The Labute approximate surface area is 175 Å². The number of rotatable bonds is 6. The van der Waals surface area contributed by atoms with Gasteiger partial charge in [-0.25, -0.2) is 12.7 Å². The van der Waals surface area contributed by atoms with E-state index in [0.29, 0.717) is 11.6 Å². The molecular formula is C20H22ClN3O4S. The van der Waals surface area contributed by atoms with Gasteiger partial charge in [0.2, 0.25) is 15.9 Å². The van der Waals surface area contributed by atoms with Crippen molar-refractivity contribution in [3.05, 3.63) is 64.7 Å². The number of nitrogens with zero attached hydrogens (tertiary/aromatic N) is 2. The molecular weight excluding hydrogens is 414 g/mol. The third-order valence-corrected chi connectivity index (χ3v) is 6.80. The van der Waals surface area contributed by atoms with Crippen molar-refractivity contribution in [2.75, 3.05) is 30.7 Å². The Balaban J connectivity index is 1.77. The van der Waals surface area contributed by atoms with Crippen LogP contribution in [0.2, 0.25) is 5.02 Å². The number of carbonyl (C=O) groups excluding carboxylic acids is 2. The van der Waals surface area contributed by atoms with Gasteiger partial charge in [0.1, 0.15) is 0 Å². The van der Waals surface area contributed by atoms with E-state index in [2.05, 4.69) is 5.32 Å². The highest BCUT2D eigenvalue weighted by Crippen LogP contribution is 2.27. The third kappa shape index (κ3) is 4.60. The second-order valence-corrected chi connectivity index (χ2v) is 9.33. The summed E-state index contributed by atoms with van der Waals surface area (Å²) >= 11 is 6.30. The molecule has 0 bridgehead atoms. The van der Waals surface area contributed by atoms with E-state index in [4.69, 9.17) is 11.6 Å². The van der Waals surface area contributed by atoms with Crippen molar-refractivity contribution in [2.24, 2.45) is 0 Å². The molecule has 1 atom stereocenters. The summed E-state index contributed by atoms with van der Waals surface area (Å²) in [6, 6.07) is 13.3. The van der Waals surface area contributed by atoms with E-state index in [9.17, 15) is 18.0 Å². The maximum Gasteiger partial charge on any atom is 0.251 e. The van der Waals surface area contributed by atoms with Gasteiger partial charge in [0.05, 0.1) is 17.5 Å². The molecule has 7 nitrogen and oxygen atoms in total. The minimum Gasteiger partial charge on any atom is -0.350 e. The Morgan fingerprint density at radius 3 is 2.55 bits per heavy atom. The Morgan fingerprint density at radius 1 is 1.21 bits per heavy atom. The summed E-state index contributed by atoms with van der Waals surface area (Å²) in [5.41, 5.74) is 1.34. The summed E-state index contributed by atoms with van der Waals surface area (Å²) in [6.07, 6.45) is -0.0545. The van der Waals surface area contributed by atoms with E-state index in [0.717, 1.165) is 9.87 Å². The van der Waals surface area contributed by atoms with Gasteiger partial charge in [-0.3, -0.25) is 9.59 Å². The molecule has 0 aromatic heterocycles. The van der Waals surface area contributed by atoms with Crippen LogP contribution in [-0.2, 0) is 14.8 Å². The van der Waals surface area contributed by atoms with Crippen LogP contribution in [0.3, 0.4) is 0 Å². The van der Waals surface area contributed by atoms with Gasteiger partial charge in [-0.05, 0) is 43.9 Å². The Morgan fingerprint density at radius 2 is 1.93 bits per heavy atom. The van der Waals surface area contributed by atoms with Crippen molar-refractivity contribution < 1.29 is 18.0 Å². The molecule has 154 valence electrons. The third-order valence-electron chi connectivity index (χ3n) is 4.76. The van der Waals surface area contributed by atoms with E-state index >= 15 is 0 Å². The number of benzene rings is 2. The maximum atomic E-state index is 12.7. The van der Waals surface area contributed by atoms with Gasteiger partial charge in [0.15, 0.2) is 0 Å². The Bertz CT molecular complexity index is 1040. The highest BCUT2D eigenvalue weighted by Gasteiger charge is 2.36. The molecule has 3 rings (SSSR count). The standard InChI is InChI=1S/C20H22ClN3O4S/c1-23(2)18(16-8-3-4-9-17(16)21)13-22-20(26)14-6-5-7-15(12-14)24-19(25)10-11-29(24,27)28/h3-9,12,18H,10-11,13H2,1-2H3,(H,22,26). The van der Waals surface area contributed by atoms with Crippen LogP contribution < -0.4 is 9.62 Å². The van der Waals surface area contributed by atoms with Crippen molar-refractivity contribution >= 4 is 39.1 Å². The molecule has 1 N–H and O–H groups in total. The lowest BCUT2D eigenvalue weighted by Crippen LogP contribution is -2.35. The molecule has 29 heavy (non-hydrogen) atoms. The van der Waals surface area contributed by atoms with Gasteiger partial charge in [0.25, 0.3) is 5.91 Å². The van der Waals surface area contributed by atoms with Crippen molar-refractivity contribution in [1.29, 1.82) is 0 Å². The lowest BCUT2D eigenvalue weighted by Gasteiger charge is -2.26. The zero-order valence-corrected chi connectivity index (χ0v) is 17.7.